The number of fused-ring (bicyclic) bond motifs is 1. The molecule has 0 bridgehead atoms. The molecule has 0 unspecified atom stereocenters. The van der Waals surface area contributed by atoms with Gasteiger partial charge in [-0.1, -0.05) is 30.3 Å². The maximum Gasteiger partial charge on any atom is 0.321 e. The average Bonchev–Trinajstić information content (AvgIpc) is 3.15. The quantitative estimate of drug-likeness (QED) is 0.594. The third kappa shape index (κ3) is 4.13. The third-order valence-electron chi connectivity index (χ3n) is 5.11. The van der Waals surface area contributed by atoms with E-state index in [0.717, 1.165) is 42.4 Å². The van der Waals surface area contributed by atoms with Crippen LogP contribution in [-0.2, 0) is 4.79 Å². The Hall–Kier alpha value is -3.61. The Balaban J connectivity index is 1.64. The van der Waals surface area contributed by atoms with Crippen LogP contribution in [0.2, 0.25) is 0 Å². The maximum absolute atomic E-state index is 12.5. The minimum Gasteiger partial charge on any atom is -0.366 e. The standard InChI is InChI=1S/C22H23N5O2/c23-20(28)18(15-7-3-1-4-8-15)11-16-13-24-21-19(16)12-17(14-25-21)26-22(29)27-9-5-2-6-10-27/h1,3-4,7-8,11-14H,2,5-6,9-10H2,(H2,23,28)(H,24,25)(H,26,29). The summed E-state index contributed by atoms with van der Waals surface area (Å²) in [6.45, 7) is 1.55. The number of piperidine rings is 1. The summed E-state index contributed by atoms with van der Waals surface area (Å²) >= 11 is 0. The second-order valence-corrected chi connectivity index (χ2v) is 7.13. The van der Waals surface area contributed by atoms with Gasteiger partial charge in [0.15, 0.2) is 0 Å². The summed E-state index contributed by atoms with van der Waals surface area (Å²) in [4.78, 5) is 33.8. The summed E-state index contributed by atoms with van der Waals surface area (Å²) in [5.41, 5.74) is 8.83. The molecule has 0 aliphatic carbocycles. The van der Waals surface area contributed by atoms with E-state index < -0.39 is 5.91 Å². The molecule has 4 rings (SSSR count). The summed E-state index contributed by atoms with van der Waals surface area (Å²) in [5.74, 6) is -0.506. The summed E-state index contributed by atoms with van der Waals surface area (Å²) in [7, 11) is 0. The number of urea groups is 1. The number of carbonyl (C=O) groups excluding carboxylic acids is 2. The Morgan fingerprint density at radius 1 is 1.14 bits per heavy atom. The molecule has 1 saturated heterocycles. The zero-order valence-corrected chi connectivity index (χ0v) is 16.0. The number of hydrogen-bond acceptors (Lipinski definition) is 3. The van der Waals surface area contributed by atoms with Gasteiger partial charge in [-0.3, -0.25) is 4.79 Å². The first-order valence-electron chi connectivity index (χ1n) is 9.72. The molecule has 3 heterocycles. The van der Waals surface area contributed by atoms with Crippen molar-refractivity contribution in [3.8, 4) is 0 Å². The van der Waals surface area contributed by atoms with E-state index in [1.165, 1.54) is 6.42 Å². The van der Waals surface area contributed by atoms with Gasteiger partial charge in [0.05, 0.1) is 11.9 Å². The van der Waals surface area contributed by atoms with Gasteiger partial charge in [0.2, 0.25) is 5.91 Å². The van der Waals surface area contributed by atoms with Gasteiger partial charge in [-0.15, -0.1) is 0 Å². The Bertz CT molecular complexity index is 1070. The molecule has 3 amide bonds. The highest BCUT2D eigenvalue weighted by Crippen LogP contribution is 2.25. The van der Waals surface area contributed by atoms with E-state index in [1.807, 2.05) is 41.3 Å². The first-order valence-corrected chi connectivity index (χ1v) is 9.72. The number of aromatic amines is 1. The Morgan fingerprint density at radius 3 is 2.62 bits per heavy atom. The number of rotatable bonds is 4. The van der Waals surface area contributed by atoms with Crippen molar-refractivity contribution in [2.45, 2.75) is 19.3 Å². The molecule has 0 radical (unpaired) electrons. The number of nitrogens with zero attached hydrogens (tertiary/aromatic N) is 2. The second kappa shape index (κ2) is 8.18. The van der Waals surface area contributed by atoms with Crippen molar-refractivity contribution in [3.63, 3.8) is 0 Å². The topological polar surface area (TPSA) is 104 Å². The van der Waals surface area contributed by atoms with Crippen molar-refractivity contribution in [1.29, 1.82) is 0 Å². The molecule has 1 fully saturated rings. The molecule has 29 heavy (non-hydrogen) atoms. The highest BCUT2D eigenvalue weighted by molar-refractivity contribution is 6.24. The van der Waals surface area contributed by atoms with Crippen LogP contribution in [-0.4, -0.2) is 39.9 Å². The Morgan fingerprint density at radius 2 is 1.90 bits per heavy atom. The highest BCUT2D eigenvalue weighted by Gasteiger charge is 2.17. The number of likely N-dealkylation sites (tertiary alicyclic amines) is 1. The number of primary amides is 1. The SMILES string of the molecule is NC(=O)C(=Cc1c[nH]c2ncc(NC(=O)N3CCCCC3)cc12)c1ccccc1. The molecule has 3 aromatic rings. The first-order chi connectivity index (χ1) is 14.1. The molecule has 7 nitrogen and oxygen atoms in total. The highest BCUT2D eigenvalue weighted by atomic mass is 16.2. The molecule has 148 valence electrons. The molecule has 0 saturated carbocycles. The van der Waals surface area contributed by atoms with Gasteiger partial charge in [0.25, 0.3) is 0 Å². The molecule has 1 aliphatic heterocycles. The van der Waals surface area contributed by atoms with Crippen LogP contribution in [0.1, 0.15) is 30.4 Å². The van der Waals surface area contributed by atoms with Crippen LogP contribution >= 0.6 is 0 Å². The van der Waals surface area contributed by atoms with Gasteiger partial charge >= 0.3 is 6.03 Å². The normalized spacial score (nSPS) is 14.8. The fraction of sp³-hybridized carbons (Fsp3) is 0.227. The number of carbonyl (C=O) groups is 2. The van der Waals surface area contributed by atoms with Crippen molar-refractivity contribution in [2.24, 2.45) is 5.73 Å². The molecule has 1 aliphatic rings. The maximum atomic E-state index is 12.5. The van der Waals surface area contributed by atoms with E-state index in [1.54, 1.807) is 18.5 Å². The minimum absolute atomic E-state index is 0.111. The van der Waals surface area contributed by atoms with Crippen molar-refractivity contribution >= 4 is 40.3 Å². The Kier molecular flexibility index (Phi) is 5.29. The van der Waals surface area contributed by atoms with Crippen LogP contribution < -0.4 is 11.1 Å². The van der Waals surface area contributed by atoms with Crippen LogP contribution in [0.25, 0.3) is 22.7 Å². The van der Waals surface area contributed by atoms with Gasteiger partial charge in [0.1, 0.15) is 5.65 Å². The lowest BCUT2D eigenvalue weighted by atomic mass is 10.0. The fourth-order valence-corrected chi connectivity index (χ4v) is 3.58. The van der Waals surface area contributed by atoms with Crippen LogP contribution in [0.5, 0.6) is 0 Å². The van der Waals surface area contributed by atoms with Crippen LogP contribution in [0.4, 0.5) is 10.5 Å². The number of nitrogens with two attached hydrogens (primary N) is 1. The van der Waals surface area contributed by atoms with E-state index in [4.69, 9.17) is 5.73 Å². The number of nitrogens with one attached hydrogen (secondary N) is 2. The summed E-state index contributed by atoms with van der Waals surface area (Å²) in [5, 5.41) is 3.73. The lowest BCUT2D eigenvalue weighted by Gasteiger charge is -2.26. The number of aromatic nitrogens is 2. The summed E-state index contributed by atoms with van der Waals surface area (Å²) in [6, 6.07) is 11.0. The van der Waals surface area contributed by atoms with Crippen molar-refractivity contribution in [3.05, 3.63) is 59.9 Å². The van der Waals surface area contributed by atoms with Crippen molar-refractivity contribution in [2.75, 3.05) is 18.4 Å². The third-order valence-corrected chi connectivity index (χ3v) is 5.11. The largest absolute Gasteiger partial charge is 0.366 e. The number of pyridine rings is 1. The van der Waals surface area contributed by atoms with Crippen molar-refractivity contribution < 1.29 is 9.59 Å². The number of benzene rings is 1. The monoisotopic (exact) mass is 389 g/mol. The van der Waals surface area contributed by atoms with Crippen molar-refractivity contribution in [1.82, 2.24) is 14.9 Å². The van der Waals surface area contributed by atoms with Crippen LogP contribution in [0.15, 0.2) is 48.8 Å². The van der Waals surface area contributed by atoms with Gasteiger partial charge in [-0.25, -0.2) is 9.78 Å². The predicted molar refractivity (Wildman–Crippen MR) is 114 cm³/mol. The second-order valence-electron chi connectivity index (χ2n) is 7.13. The fourth-order valence-electron chi connectivity index (χ4n) is 3.58. The van der Waals surface area contributed by atoms with Crippen LogP contribution in [0.3, 0.4) is 0 Å². The zero-order valence-electron chi connectivity index (χ0n) is 16.0. The molecule has 1 aromatic carbocycles. The predicted octanol–water partition coefficient (Wildman–Crippen LogP) is 3.61. The van der Waals surface area contributed by atoms with Gasteiger partial charge in [-0.05, 0) is 37.0 Å². The molecule has 0 atom stereocenters. The molecule has 2 aromatic heterocycles. The van der Waals surface area contributed by atoms with Crippen LogP contribution in [0, 0.1) is 0 Å². The van der Waals surface area contributed by atoms with Gasteiger partial charge in [-0.2, -0.15) is 0 Å². The lowest BCUT2D eigenvalue weighted by molar-refractivity contribution is -0.112. The molecular formula is C22H23N5O2. The minimum atomic E-state index is -0.506. The number of amides is 3. The summed E-state index contributed by atoms with van der Waals surface area (Å²) < 4.78 is 0. The molecule has 0 spiro atoms. The van der Waals surface area contributed by atoms with E-state index >= 15 is 0 Å². The molecule has 4 N–H and O–H groups in total. The number of H-pyrrole nitrogens is 1. The molecule has 7 heteroatoms. The lowest BCUT2D eigenvalue weighted by Crippen LogP contribution is -2.38. The number of anilines is 1. The smallest absolute Gasteiger partial charge is 0.321 e. The first kappa shape index (κ1) is 18.7. The summed E-state index contributed by atoms with van der Waals surface area (Å²) in [6.07, 6.45) is 8.38. The van der Waals surface area contributed by atoms with Gasteiger partial charge < -0.3 is 20.9 Å². The van der Waals surface area contributed by atoms with E-state index in [0.29, 0.717) is 16.9 Å². The Labute approximate surface area is 168 Å². The van der Waals surface area contributed by atoms with E-state index in [2.05, 4.69) is 15.3 Å². The van der Waals surface area contributed by atoms with E-state index in [-0.39, 0.29) is 6.03 Å². The van der Waals surface area contributed by atoms with Gasteiger partial charge in [0, 0.05) is 35.8 Å². The molecular weight excluding hydrogens is 366 g/mol. The van der Waals surface area contributed by atoms with E-state index in [9.17, 15) is 9.59 Å². The zero-order chi connectivity index (χ0) is 20.2. The number of hydrogen-bond donors (Lipinski definition) is 3. The average molecular weight is 389 g/mol.